The third kappa shape index (κ3) is 11.8. The number of anilines is 1. The van der Waals surface area contributed by atoms with Crippen molar-refractivity contribution < 1.29 is 53.1 Å². The number of aliphatic hydroxyl groups excluding tert-OH is 1. The maximum Gasteiger partial charge on any atom is 0.410 e. The predicted molar refractivity (Wildman–Crippen MR) is 236 cm³/mol. The normalized spacial score (nSPS) is 34.9. The van der Waals surface area contributed by atoms with Crippen molar-refractivity contribution in [2.75, 3.05) is 32.5 Å². The van der Waals surface area contributed by atoms with Gasteiger partial charge >= 0.3 is 18.0 Å². The third-order valence-electron chi connectivity index (χ3n) is 13.6. The van der Waals surface area contributed by atoms with Gasteiger partial charge in [-0.2, -0.15) is 0 Å². The molecule has 15 atom stereocenters. The first-order valence-electron chi connectivity index (χ1n) is 22.8. The number of aromatic nitrogens is 3. The van der Waals surface area contributed by atoms with E-state index in [1.165, 1.54) is 14.0 Å². The number of fused-ring (bicyclic) bond motifs is 1. The number of Topliss-reactive ketones (excluding diaryl/α,β-unsaturated/α-hetero) is 1. The van der Waals surface area contributed by atoms with Crippen molar-refractivity contribution in [3.63, 3.8) is 0 Å². The quantitative estimate of drug-likeness (QED) is 0.0649. The maximum absolute atomic E-state index is 14.3. The number of carbonyl (C=O) groups is 4. The van der Waals surface area contributed by atoms with Crippen LogP contribution in [-0.4, -0.2) is 147 Å². The van der Waals surface area contributed by atoms with E-state index in [4.69, 9.17) is 35.2 Å². The molecule has 0 radical (unpaired) electrons. The van der Waals surface area contributed by atoms with Crippen LogP contribution in [0.1, 0.15) is 87.5 Å². The van der Waals surface area contributed by atoms with E-state index < -0.39 is 96.1 Å². The number of aliphatic hydroxyl groups is 1. The van der Waals surface area contributed by atoms with Crippen molar-refractivity contribution in [3.05, 3.63) is 30.5 Å². The van der Waals surface area contributed by atoms with E-state index in [9.17, 15) is 29.4 Å². The summed E-state index contributed by atoms with van der Waals surface area (Å²) in [4.78, 5) is 56.1. The fraction of sp³-hybridized carbons (Fsp3) is 0.733. The maximum atomic E-state index is 14.3. The zero-order chi connectivity index (χ0) is 47.0. The molecule has 0 saturated carbocycles. The number of carboxylic acid groups (broad SMARTS) is 1. The molecular weight excluding hydrogens is 829 g/mol. The number of aryl methyl sites for hydroxylation is 1. The van der Waals surface area contributed by atoms with Gasteiger partial charge in [0.1, 0.15) is 29.9 Å². The zero-order valence-corrected chi connectivity index (χ0v) is 38.8. The van der Waals surface area contributed by atoms with Gasteiger partial charge in [0.05, 0.1) is 30.6 Å². The van der Waals surface area contributed by atoms with E-state index in [-0.39, 0.29) is 30.9 Å². The topological polar surface area (TPSA) is 265 Å². The number of nitrogens with one attached hydrogen (secondary N) is 2. The van der Waals surface area contributed by atoms with Crippen LogP contribution in [0.15, 0.2) is 30.5 Å². The van der Waals surface area contributed by atoms with E-state index in [2.05, 4.69) is 20.9 Å². The summed E-state index contributed by atoms with van der Waals surface area (Å²) < 4.78 is 32.9. The lowest BCUT2D eigenvalue weighted by molar-refractivity contribution is -0.286. The van der Waals surface area contributed by atoms with Gasteiger partial charge in [-0.05, 0) is 96.9 Å². The number of carbonyl (C=O) groups excluding carboxylic acids is 3. The van der Waals surface area contributed by atoms with E-state index in [0.29, 0.717) is 56.7 Å². The molecule has 0 bridgehead atoms. The van der Waals surface area contributed by atoms with Crippen LogP contribution in [0, 0.1) is 23.7 Å². The number of unbranched alkanes of at least 4 members (excludes halogenated alkanes) is 1. The molecule has 19 heteroatoms. The first kappa shape index (κ1) is 50.8. The average molecular weight is 901 g/mol. The number of nitrogens with two attached hydrogens (primary N) is 2. The molecule has 1 aromatic carbocycles. The molecule has 0 aliphatic carbocycles. The molecule has 2 aromatic rings. The van der Waals surface area contributed by atoms with Crippen molar-refractivity contribution in [3.8, 4) is 11.3 Å². The minimum absolute atomic E-state index is 0.120. The fourth-order valence-corrected chi connectivity index (χ4v) is 9.28. The Morgan fingerprint density at radius 1 is 1.14 bits per heavy atom. The molecule has 3 fully saturated rings. The first-order chi connectivity index (χ1) is 30.3. The molecule has 5 rings (SSSR count). The van der Waals surface area contributed by atoms with Crippen molar-refractivity contribution in [2.45, 2.75) is 161 Å². The smallest absolute Gasteiger partial charge is 0.410 e. The Hall–Kier alpha value is -4.24. The molecule has 8 N–H and O–H groups in total. The summed E-state index contributed by atoms with van der Waals surface area (Å²) in [7, 11) is 1.52. The van der Waals surface area contributed by atoms with Gasteiger partial charge in [-0.3, -0.25) is 24.0 Å². The van der Waals surface area contributed by atoms with Crippen LogP contribution in [0.5, 0.6) is 0 Å². The number of amides is 1. The molecule has 358 valence electrons. The zero-order valence-electron chi connectivity index (χ0n) is 38.8. The number of rotatable bonds is 15. The van der Waals surface area contributed by atoms with Crippen LogP contribution in [-0.2, 0) is 44.6 Å². The largest absolute Gasteiger partial charge is 0.480 e. The molecule has 4 heterocycles. The first-order valence-corrected chi connectivity index (χ1v) is 22.8. The van der Waals surface area contributed by atoms with Gasteiger partial charge in [0.2, 0.25) is 0 Å². The Morgan fingerprint density at radius 3 is 2.53 bits per heavy atom. The number of esters is 1. The van der Waals surface area contributed by atoms with E-state index in [1.807, 2.05) is 52.1 Å². The summed E-state index contributed by atoms with van der Waals surface area (Å²) in [5.74, 6) is -4.70. The highest BCUT2D eigenvalue weighted by Gasteiger charge is 2.59. The summed E-state index contributed by atoms with van der Waals surface area (Å²) in [6.45, 7) is 15.5. The lowest BCUT2D eigenvalue weighted by atomic mass is 9.82. The van der Waals surface area contributed by atoms with Gasteiger partial charge in [-0.25, -0.2) is 4.79 Å². The van der Waals surface area contributed by atoms with Gasteiger partial charge in [0.15, 0.2) is 17.7 Å². The molecule has 64 heavy (non-hydrogen) atoms. The molecule has 15 unspecified atom stereocenters. The SMILES string of the molecule is CCC1OC(=O)C(C)C(=O)C(C)C(OC2OC(C)C(C)C(N)C2O)C(OC)CC(C)CNC(CCNC(C)C(=O)O)C2N(CCCCn3cc(-c4cccc(N)c4)nn3)C(=O)OC12C. The second-order valence-corrected chi connectivity index (χ2v) is 18.3. The number of methoxy groups -OCH3 is 1. The number of carboxylic acids is 1. The summed E-state index contributed by atoms with van der Waals surface area (Å²) in [5, 5.41) is 36.2. The molecule has 0 spiro atoms. The van der Waals surface area contributed by atoms with Crippen LogP contribution in [0.25, 0.3) is 11.3 Å². The van der Waals surface area contributed by atoms with Crippen LogP contribution >= 0.6 is 0 Å². The van der Waals surface area contributed by atoms with Crippen molar-refractivity contribution >= 4 is 29.5 Å². The Bertz CT molecular complexity index is 1890. The Balaban J connectivity index is 1.44. The highest BCUT2D eigenvalue weighted by atomic mass is 16.7. The Morgan fingerprint density at radius 2 is 1.86 bits per heavy atom. The number of aliphatic carboxylic acids is 1. The van der Waals surface area contributed by atoms with E-state index in [1.54, 1.807) is 36.4 Å². The standard InChI is InChI=1S/C45H72N8O11/c1-10-35-45(8)40(53(44(59)64-45)19-12-11-18-52-23-33(50-51-52)30-14-13-15-31(46)21-30)32(16-17-48-28(6)41(56)57)49-22-24(2)20-34(60-9)39(26(4)37(54)27(5)42(58)62-35)63-43-38(55)36(47)25(3)29(7)61-43/h13-15,21,23-29,32,34-36,38-40,43,48-49,55H,10-12,16-20,22,46-47H2,1-9H3,(H,56,57). The molecule has 3 saturated heterocycles. The molecule has 1 aromatic heterocycles. The van der Waals surface area contributed by atoms with Gasteiger partial charge in [-0.1, -0.05) is 45.0 Å². The molecule has 3 aliphatic heterocycles. The van der Waals surface area contributed by atoms with E-state index >= 15 is 0 Å². The molecule has 3 aliphatic rings. The number of ketones is 1. The lowest BCUT2D eigenvalue weighted by Crippen LogP contribution is -2.62. The third-order valence-corrected chi connectivity index (χ3v) is 13.6. The second-order valence-electron chi connectivity index (χ2n) is 18.3. The number of hydrogen-bond donors (Lipinski definition) is 6. The number of ether oxygens (including phenoxy) is 5. The second kappa shape index (κ2) is 22.3. The summed E-state index contributed by atoms with van der Waals surface area (Å²) >= 11 is 0. The lowest BCUT2D eigenvalue weighted by Gasteiger charge is -2.43. The highest BCUT2D eigenvalue weighted by molar-refractivity contribution is 6.00. The monoisotopic (exact) mass is 901 g/mol. The van der Waals surface area contributed by atoms with Crippen molar-refractivity contribution in [1.29, 1.82) is 0 Å². The van der Waals surface area contributed by atoms with Crippen LogP contribution < -0.4 is 22.1 Å². The number of hydrogen-bond acceptors (Lipinski definition) is 16. The molecule has 1 amide bonds. The van der Waals surface area contributed by atoms with Crippen molar-refractivity contribution in [1.82, 2.24) is 30.5 Å². The average Bonchev–Trinajstić information content (AvgIpc) is 3.84. The highest BCUT2D eigenvalue weighted by Crippen LogP contribution is 2.40. The minimum Gasteiger partial charge on any atom is -0.480 e. The van der Waals surface area contributed by atoms with E-state index in [0.717, 1.165) is 5.56 Å². The van der Waals surface area contributed by atoms with Crippen LogP contribution in [0.2, 0.25) is 0 Å². The number of nitrogens with zero attached hydrogens (tertiary/aromatic N) is 4. The fourth-order valence-electron chi connectivity index (χ4n) is 9.28. The predicted octanol–water partition coefficient (Wildman–Crippen LogP) is 2.97. The van der Waals surface area contributed by atoms with Gasteiger partial charge in [-0.15, -0.1) is 5.10 Å². The Labute approximate surface area is 376 Å². The molecule has 19 nitrogen and oxygen atoms in total. The summed E-state index contributed by atoms with van der Waals surface area (Å²) in [6, 6.07) is 4.73. The van der Waals surface area contributed by atoms with Crippen LogP contribution in [0.3, 0.4) is 0 Å². The Kier molecular flexibility index (Phi) is 17.7. The van der Waals surface area contributed by atoms with Gasteiger partial charge in [0, 0.05) is 49.5 Å². The number of benzene rings is 1. The molecular formula is C45H72N8O11. The number of nitrogen functional groups attached to an aromatic ring is 1. The van der Waals surface area contributed by atoms with Gasteiger partial charge < -0.3 is 56.0 Å². The van der Waals surface area contributed by atoms with Crippen LogP contribution in [0.4, 0.5) is 10.5 Å². The minimum atomic E-state index is -1.39. The van der Waals surface area contributed by atoms with Gasteiger partial charge in [0.25, 0.3) is 0 Å². The summed E-state index contributed by atoms with van der Waals surface area (Å²) in [6.07, 6.45) is -1.85. The number of cyclic esters (lactones) is 1. The van der Waals surface area contributed by atoms with Crippen molar-refractivity contribution in [2.24, 2.45) is 29.4 Å². The summed E-state index contributed by atoms with van der Waals surface area (Å²) in [5.41, 5.74) is 13.1.